The highest BCUT2D eigenvalue weighted by Crippen LogP contribution is 2.34. The highest BCUT2D eigenvalue weighted by molar-refractivity contribution is 5.92. The van der Waals surface area contributed by atoms with E-state index in [0.717, 1.165) is 25.7 Å². The molecule has 2 saturated carbocycles. The van der Waals surface area contributed by atoms with E-state index in [0.29, 0.717) is 24.4 Å². The Balaban J connectivity index is 2.18. The van der Waals surface area contributed by atoms with E-state index in [1.54, 1.807) is 0 Å². The van der Waals surface area contributed by atoms with Gasteiger partial charge >= 0.3 is 0 Å². The summed E-state index contributed by atoms with van der Waals surface area (Å²) in [6.45, 7) is 0. The van der Waals surface area contributed by atoms with E-state index < -0.39 is 0 Å². The fraction of sp³-hybridized carbons (Fsp3) is 0.800. The molecule has 2 nitrogen and oxygen atoms in total. The average Bonchev–Trinajstić information content (AvgIpc) is 2.17. The molecule has 0 heterocycles. The van der Waals surface area contributed by atoms with Crippen LogP contribution in [-0.4, -0.2) is 11.6 Å². The molecule has 0 aromatic rings. The molecule has 66 valence electrons. The first-order valence-corrected chi connectivity index (χ1v) is 4.83. The molecule has 0 saturated heterocycles. The molecule has 12 heavy (non-hydrogen) atoms. The summed E-state index contributed by atoms with van der Waals surface area (Å²) in [7, 11) is 0. The number of Topliss-reactive ketones (excluding diaryl/α,β-unsaturated/α-hetero) is 2. The molecule has 2 unspecified atom stereocenters. The van der Waals surface area contributed by atoms with Gasteiger partial charge in [0, 0.05) is 24.7 Å². The maximum atomic E-state index is 11.6. The first-order chi connectivity index (χ1) is 5.77. The summed E-state index contributed by atoms with van der Waals surface area (Å²) in [5.41, 5.74) is 0. The van der Waals surface area contributed by atoms with Gasteiger partial charge in [-0.25, -0.2) is 0 Å². The molecule has 2 rings (SSSR count). The van der Waals surface area contributed by atoms with Crippen LogP contribution in [0.2, 0.25) is 0 Å². The zero-order chi connectivity index (χ0) is 8.55. The summed E-state index contributed by atoms with van der Waals surface area (Å²) in [6, 6.07) is 0. The molecule has 2 heteroatoms. The fourth-order valence-electron chi connectivity index (χ4n) is 2.43. The first kappa shape index (κ1) is 7.96. The van der Waals surface area contributed by atoms with Crippen LogP contribution in [0.5, 0.6) is 0 Å². The molecule has 2 aliphatic carbocycles. The normalized spacial score (nSPS) is 36.3. The van der Waals surface area contributed by atoms with Crippen LogP contribution >= 0.6 is 0 Å². The topological polar surface area (TPSA) is 34.1 Å². The van der Waals surface area contributed by atoms with Crippen molar-refractivity contribution in [2.75, 3.05) is 0 Å². The Morgan fingerprint density at radius 2 is 1.75 bits per heavy atom. The molecule has 2 bridgehead atoms. The van der Waals surface area contributed by atoms with Crippen molar-refractivity contribution in [2.45, 2.75) is 38.5 Å². The second-order valence-electron chi connectivity index (χ2n) is 4.01. The minimum Gasteiger partial charge on any atom is -0.300 e. The maximum Gasteiger partial charge on any atom is 0.139 e. The Labute approximate surface area is 72.3 Å². The Kier molecular flexibility index (Phi) is 1.99. The zero-order valence-electron chi connectivity index (χ0n) is 7.21. The molecule has 2 atom stereocenters. The van der Waals surface area contributed by atoms with Gasteiger partial charge in [-0.15, -0.1) is 0 Å². The van der Waals surface area contributed by atoms with E-state index in [-0.39, 0.29) is 11.8 Å². The van der Waals surface area contributed by atoms with Gasteiger partial charge < -0.3 is 0 Å². The van der Waals surface area contributed by atoms with Gasteiger partial charge in [-0.2, -0.15) is 0 Å². The monoisotopic (exact) mass is 166 g/mol. The highest BCUT2D eigenvalue weighted by Gasteiger charge is 2.34. The lowest BCUT2D eigenvalue weighted by Crippen LogP contribution is -2.26. The summed E-state index contributed by atoms with van der Waals surface area (Å²) >= 11 is 0. The molecule has 0 amide bonds. The van der Waals surface area contributed by atoms with Gasteiger partial charge in [-0.05, 0) is 19.3 Å². The lowest BCUT2D eigenvalue weighted by Gasteiger charge is -2.23. The van der Waals surface area contributed by atoms with Gasteiger partial charge in [-0.1, -0.05) is 6.42 Å². The van der Waals surface area contributed by atoms with Gasteiger partial charge in [0.15, 0.2) is 0 Å². The zero-order valence-corrected chi connectivity index (χ0v) is 7.21. The van der Waals surface area contributed by atoms with Gasteiger partial charge in [0.1, 0.15) is 11.6 Å². The lowest BCUT2D eigenvalue weighted by molar-refractivity contribution is -0.130. The molecular formula is C10H14O2. The van der Waals surface area contributed by atoms with Crippen LogP contribution in [0.1, 0.15) is 38.5 Å². The van der Waals surface area contributed by atoms with E-state index in [2.05, 4.69) is 0 Å². The van der Waals surface area contributed by atoms with Gasteiger partial charge in [0.25, 0.3) is 0 Å². The standard InChI is InChI=1S/C10H14O2/c11-9-5-4-7-2-1-3-8(6-9)10(7)12/h7-8H,1-6H2. The largest absolute Gasteiger partial charge is 0.300 e. The summed E-state index contributed by atoms with van der Waals surface area (Å²) in [6.07, 6.45) is 5.15. The molecular weight excluding hydrogens is 152 g/mol. The lowest BCUT2D eigenvalue weighted by atomic mass is 9.79. The third-order valence-corrected chi connectivity index (χ3v) is 3.16. The number of rotatable bonds is 0. The van der Waals surface area contributed by atoms with Crippen molar-refractivity contribution in [1.82, 2.24) is 0 Å². The molecule has 0 aliphatic heterocycles. The van der Waals surface area contributed by atoms with E-state index >= 15 is 0 Å². The summed E-state index contributed by atoms with van der Waals surface area (Å²) in [5, 5.41) is 0. The smallest absolute Gasteiger partial charge is 0.139 e. The molecule has 2 aliphatic rings. The van der Waals surface area contributed by atoms with E-state index in [4.69, 9.17) is 0 Å². The second kappa shape index (κ2) is 3.00. The molecule has 0 radical (unpaired) electrons. The first-order valence-electron chi connectivity index (χ1n) is 4.83. The van der Waals surface area contributed by atoms with Crippen molar-refractivity contribution in [3.05, 3.63) is 0 Å². The predicted molar refractivity (Wildman–Crippen MR) is 44.7 cm³/mol. The minimum absolute atomic E-state index is 0.0961. The van der Waals surface area contributed by atoms with Crippen LogP contribution in [0.3, 0.4) is 0 Å². The Morgan fingerprint density at radius 1 is 1.00 bits per heavy atom. The van der Waals surface area contributed by atoms with Crippen molar-refractivity contribution < 1.29 is 9.59 Å². The fourth-order valence-corrected chi connectivity index (χ4v) is 2.43. The molecule has 0 N–H and O–H groups in total. The summed E-state index contributed by atoms with van der Waals surface area (Å²) in [4.78, 5) is 22.8. The third kappa shape index (κ3) is 1.30. The van der Waals surface area contributed by atoms with Crippen molar-refractivity contribution in [2.24, 2.45) is 11.8 Å². The van der Waals surface area contributed by atoms with Gasteiger partial charge in [-0.3, -0.25) is 9.59 Å². The van der Waals surface area contributed by atoms with Crippen molar-refractivity contribution in [1.29, 1.82) is 0 Å². The van der Waals surface area contributed by atoms with Gasteiger partial charge in [0.05, 0.1) is 0 Å². The average molecular weight is 166 g/mol. The van der Waals surface area contributed by atoms with E-state index in [1.807, 2.05) is 0 Å². The predicted octanol–water partition coefficient (Wildman–Crippen LogP) is 1.72. The van der Waals surface area contributed by atoms with Crippen molar-refractivity contribution in [3.8, 4) is 0 Å². The van der Waals surface area contributed by atoms with E-state index in [1.165, 1.54) is 0 Å². The van der Waals surface area contributed by atoms with Crippen LogP contribution in [0.25, 0.3) is 0 Å². The minimum atomic E-state index is 0.0961. The number of ketones is 2. The van der Waals surface area contributed by atoms with Gasteiger partial charge in [0.2, 0.25) is 0 Å². The number of hydrogen-bond donors (Lipinski definition) is 0. The number of hydrogen-bond acceptors (Lipinski definition) is 2. The number of carbonyl (C=O) groups excluding carboxylic acids is 2. The maximum absolute atomic E-state index is 11.6. The Hall–Kier alpha value is -0.660. The molecule has 0 aromatic heterocycles. The molecule has 2 fully saturated rings. The summed E-state index contributed by atoms with van der Waals surface area (Å²) in [5.74, 6) is 1.01. The quantitative estimate of drug-likeness (QED) is 0.549. The van der Waals surface area contributed by atoms with Crippen molar-refractivity contribution in [3.63, 3.8) is 0 Å². The SMILES string of the molecule is O=C1CCC2CCCC(C1)C2=O. The summed E-state index contributed by atoms with van der Waals surface area (Å²) < 4.78 is 0. The third-order valence-electron chi connectivity index (χ3n) is 3.16. The van der Waals surface area contributed by atoms with Crippen molar-refractivity contribution >= 4 is 11.6 Å². The number of fused-ring (bicyclic) bond motifs is 2. The number of carbonyl (C=O) groups is 2. The van der Waals surface area contributed by atoms with Crippen LogP contribution in [-0.2, 0) is 9.59 Å². The van der Waals surface area contributed by atoms with Crippen LogP contribution in [0, 0.1) is 11.8 Å². The van der Waals surface area contributed by atoms with Crippen LogP contribution in [0.4, 0.5) is 0 Å². The molecule has 0 aromatic carbocycles. The van der Waals surface area contributed by atoms with Crippen LogP contribution in [0.15, 0.2) is 0 Å². The van der Waals surface area contributed by atoms with Crippen LogP contribution < -0.4 is 0 Å². The Bertz CT molecular complexity index is 220. The van der Waals surface area contributed by atoms with E-state index in [9.17, 15) is 9.59 Å². The highest BCUT2D eigenvalue weighted by atomic mass is 16.1. The molecule has 0 spiro atoms. The second-order valence-corrected chi connectivity index (χ2v) is 4.01. The Morgan fingerprint density at radius 3 is 2.58 bits per heavy atom.